The van der Waals surface area contributed by atoms with Gasteiger partial charge in [-0.25, -0.2) is 4.39 Å². The van der Waals surface area contributed by atoms with E-state index in [4.69, 9.17) is 10.5 Å². The molecule has 0 spiro atoms. The Morgan fingerprint density at radius 1 is 1.40 bits per heavy atom. The molecule has 2 N–H and O–H groups in total. The fourth-order valence-corrected chi connectivity index (χ4v) is 1.97. The van der Waals surface area contributed by atoms with Crippen LogP contribution in [0.3, 0.4) is 0 Å². The highest BCUT2D eigenvalue weighted by molar-refractivity contribution is 7.99. The maximum absolute atomic E-state index is 12.9. The van der Waals surface area contributed by atoms with Crippen LogP contribution in [0.1, 0.15) is 5.56 Å². The van der Waals surface area contributed by atoms with Gasteiger partial charge in [-0.3, -0.25) is 0 Å². The largest absolute Gasteiger partial charge is 0.379 e. The summed E-state index contributed by atoms with van der Waals surface area (Å²) >= 11 is 1.66. The number of aryl methyl sites for hydroxylation is 1. The number of hydrogen-bond acceptors (Lipinski definition) is 3. The molecule has 0 bridgehead atoms. The maximum atomic E-state index is 12.9. The summed E-state index contributed by atoms with van der Waals surface area (Å²) in [5.41, 5.74) is 5.97. The number of ether oxygens (including phenoxy) is 1. The van der Waals surface area contributed by atoms with E-state index < -0.39 is 0 Å². The highest BCUT2D eigenvalue weighted by Crippen LogP contribution is 2.20. The van der Waals surface area contributed by atoms with Crippen LogP contribution < -0.4 is 5.73 Å². The van der Waals surface area contributed by atoms with Crippen molar-refractivity contribution in [3.05, 3.63) is 29.6 Å². The Balaban J connectivity index is 2.28. The summed E-state index contributed by atoms with van der Waals surface area (Å²) in [5, 5.41) is 0. The Morgan fingerprint density at radius 2 is 2.20 bits per heavy atom. The molecule has 0 aromatic heterocycles. The number of nitrogens with two attached hydrogens (primary N) is 1. The predicted molar refractivity (Wildman–Crippen MR) is 61.7 cm³/mol. The standard InChI is InChI=1S/C11H16FNOS/c1-9-8-10(2-3-11(9)12)15-7-6-14-5-4-13/h2-3,8H,4-7,13H2,1H3. The Bertz CT molecular complexity index is 307. The van der Waals surface area contributed by atoms with Gasteiger partial charge in [-0.05, 0) is 30.7 Å². The molecule has 0 atom stereocenters. The van der Waals surface area contributed by atoms with Crippen LogP contribution in [0.4, 0.5) is 4.39 Å². The average Bonchev–Trinajstić information content (AvgIpc) is 2.23. The molecule has 0 heterocycles. The molecule has 1 rings (SSSR count). The topological polar surface area (TPSA) is 35.2 Å². The second-order valence-electron chi connectivity index (χ2n) is 3.16. The van der Waals surface area contributed by atoms with Crippen molar-refractivity contribution < 1.29 is 9.13 Å². The molecule has 0 fully saturated rings. The highest BCUT2D eigenvalue weighted by atomic mass is 32.2. The normalized spacial score (nSPS) is 10.6. The van der Waals surface area contributed by atoms with E-state index in [0.29, 0.717) is 25.3 Å². The van der Waals surface area contributed by atoms with E-state index in [1.807, 2.05) is 6.07 Å². The monoisotopic (exact) mass is 229 g/mol. The molecule has 0 saturated heterocycles. The molecule has 0 saturated carbocycles. The summed E-state index contributed by atoms with van der Waals surface area (Å²) in [4.78, 5) is 1.07. The summed E-state index contributed by atoms with van der Waals surface area (Å²) < 4.78 is 18.2. The smallest absolute Gasteiger partial charge is 0.126 e. The molecule has 84 valence electrons. The lowest BCUT2D eigenvalue weighted by molar-refractivity contribution is 0.158. The number of halogens is 1. The fourth-order valence-electron chi connectivity index (χ4n) is 1.11. The van der Waals surface area contributed by atoms with Crippen molar-refractivity contribution >= 4 is 11.8 Å². The molecule has 0 radical (unpaired) electrons. The molecular weight excluding hydrogens is 213 g/mol. The van der Waals surface area contributed by atoms with Gasteiger partial charge < -0.3 is 10.5 Å². The zero-order valence-corrected chi connectivity index (χ0v) is 9.65. The number of hydrogen-bond donors (Lipinski definition) is 1. The van der Waals surface area contributed by atoms with Crippen LogP contribution in [0.2, 0.25) is 0 Å². The third-order valence-electron chi connectivity index (χ3n) is 1.89. The van der Waals surface area contributed by atoms with Crippen LogP contribution in [0.25, 0.3) is 0 Å². The van der Waals surface area contributed by atoms with E-state index in [1.54, 1.807) is 24.8 Å². The van der Waals surface area contributed by atoms with Crippen LogP contribution in [-0.2, 0) is 4.74 Å². The van der Waals surface area contributed by atoms with Gasteiger partial charge in [0.15, 0.2) is 0 Å². The van der Waals surface area contributed by atoms with Crippen LogP contribution in [-0.4, -0.2) is 25.5 Å². The van der Waals surface area contributed by atoms with Crippen molar-refractivity contribution in [1.82, 2.24) is 0 Å². The van der Waals surface area contributed by atoms with Crippen LogP contribution in [0, 0.1) is 12.7 Å². The molecular formula is C11H16FNOS. The third-order valence-corrected chi connectivity index (χ3v) is 2.85. The summed E-state index contributed by atoms with van der Waals surface area (Å²) in [6.07, 6.45) is 0. The summed E-state index contributed by atoms with van der Waals surface area (Å²) in [7, 11) is 0. The lowest BCUT2D eigenvalue weighted by Gasteiger charge is -2.04. The van der Waals surface area contributed by atoms with Crippen LogP contribution in [0.5, 0.6) is 0 Å². The molecule has 0 unspecified atom stereocenters. The molecule has 1 aromatic carbocycles. The fraction of sp³-hybridized carbons (Fsp3) is 0.455. The Labute approximate surface area is 94.0 Å². The van der Waals surface area contributed by atoms with Crippen molar-refractivity contribution in [3.8, 4) is 0 Å². The molecule has 2 nitrogen and oxygen atoms in total. The lowest BCUT2D eigenvalue weighted by Crippen LogP contribution is -2.09. The van der Waals surface area contributed by atoms with Gasteiger partial charge >= 0.3 is 0 Å². The molecule has 1 aromatic rings. The predicted octanol–water partition coefficient (Wildman–Crippen LogP) is 2.20. The minimum atomic E-state index is -0.154. The highest BCUT2D eigenvalue weighted by Gasteiger charge is 1.99. The van der Waals surface area contributed by atoms with Gasteiger partial charge in [0, 0.05) is 17.2 Å². The van der Waals surface area contributed by atoms with Gasteiger partial charge in [-0.2, -0.15) is 0 Å². The van der Waals surface area contributed by atoms with Gasteiger partial charge in [0.05, 0.1) is 13.2 Å². The quantitative estimate of drug-likeness (QED) is 0.600. The number of rotatable bonds is 6. The minimum absolute atomic E-state index is 0.154. The van der Waals surface area contributed by atoms with Crippen LogP contribution in [0.15, 0.2) is 23.1 Å². The van der Waals surface area contributed by atoms with E-state index >= 15 is 0 Å². The van der Waals surface area contributed by atoms with Crippen molar-refractivity contribution in [2.75, 3.05) is 25.5 Å². The van der Waals surface area contributed by atoms with Crippen molar-refractivity contribution in [3.63, 3.8) is 0 Å². The van der Waals surface area contributed by atoms with Crippen molar-refractivity contribution in [1.29, 1.82) is 0 Å². The molecule has 4 heteroatoms. The first kappa shape index (κ1) is 12.5. The van der Waals surface area contributed by atoms with E-state index in [1.165, 1.54) is 6.07 Å². The average molecular weight is 229 g/mol. The molecule has 0 aliphatic heterocycles. The summed E-state index contributed by atoms with van der Waals surface area (Å²) in [5.74, 6) is 0.712. The molecule has 0 aliphatic rings. The lowest BCUT2D eigenvalue weighted by atomic mass is 10.2. The summed E-state index contributed by atoms with van der Waals surface area (Å²) in [6, 6.07) is 5.14. The van der Waals surface area contributed by atoms with Gasteiger partial charge in [0.2, 0.25) is 0 Å². The second kappa shape index (κ2) is 6.82. The van der Waals surface area contributed by atoms with E-state index in [9.17, 15) is 4.39 Å². The second-order valence-corrected chi connectivity index (χ2v) is 4.33. The minimum Gasteiger partial charge on any atom is -0.379 e. The maximum Gasteiger partial charge on any atom is 0.126 e. The number of thioether (sulfide) groups is 1. The van der Waals surface area contributed by atoms with E-state index in [-0.39, 0.29) is 5.82 Å². The number of benzene rings is 1. The van der Waals surface area contributed by atoms with Crippen LogP contribution >= 0.6 is 11.8 Å². The first-order valence-corrected chi connectivity index (χ1v) is 5.89. The SMILES string of the molecule is Cc1cc(SCCOCCN)ccc1F. The van der Waals surface area contributed by atoms with Crippen molar-refractivity contribution in [2.45, 2.75) is 11.8 Å². The zero-order chi connectivity index (χ0) is 11.1. The Hall–Kier alpha value is -0.580. The van der Waals surface area contributed by atoms with Gasteiger partial charge in [-0.1, -0.05) is 0 Å². The Morgan fingerprint density at radius 3 is 2.87 bits per heavy atom. The molecule has 0 amide bonds. The first-order chi connectivity index (χ1) is 7.24. The molecule has 15 heavy (non-hydrogen) atoms. The van der Waals surface area contributed by atoms with Gasteiger partial charge in [0.1, 0.15) is 5.82 Å². The van der Waals surface area contributed by atoms with Crippen molar-refractivity contribution in [2.24, 2.45) is 5.73 Å². The molecule has 0 aliphatic carbocycles. The first-order valence-electron chi connectivity index (χ1n) is 4.91. The third kappa shape index (κ3) is 4.64. The Kier molecular flexibility index (Phi) is 5.68. The van der Waals surface area contributed by atoms with E-state index in [0.717, 1.165) is 10.6 Å². The van der Waals surface area contributed by atoms with Gasteiger partial charge in [0.25, 0.3) is 0 Å². The van der Waals surface area contributed by atoms with Gasteiger partial charge in [-0.15, -0.1) is 11.8 Å². The van der Waals surface area contributed by atoms with E-state index in [2.05, 4.69) is 0 Å². The summed E-state index contributed by atoms with van der Waals surface area (Å²) in [6.45, 7) is 3.60. The zero-order valence-electron chi connectivity index (χ0n) is 8.83.